The molecule has 0 radical (unpaired) electrons. The van der Waals surface area contributed by atoms with Crippen molar-refractivity contribution in [3.63, 3.8) is 0 Å². The van der Waals surface area contributed by atoms with Crippen LogP contribution in [0.2, 0.25) is 0 Å². The fourth-order valence-corrected chi connectivity index (χ4v) is 1.46. The van der Waals surface area contributed by atoms with Crippen molar-refractivity contribution < 1.29 is 14.7 Å². The van der Waals surface area contributed by atoms with Crippen molar-refractivity contribution in [2.45, 2.75) is 24.9 Å². The van der Waals surface area contributed by atoms with Crippen LogP contribution in [-0.4, -0.2) is 42.2 Å². The average molecular weight is 201 g/mol. The number of aliphatic carboxylic acids is 1. The summed E-state index contributed by atoms with van der Waals surface area (Å²) in [4.78, 5) is 21.7. The van der Waals surface area contributed by atoms with E-state index >= 15 is 0 Å². The number of carboxylic acid groups (broad SMARTS) is 1. The molecule has 6 heteroatoms. The summed E-state index contributed by atoms with van der Waals surface area (Å²) in [7, 11) is 0. The zero-order chi connectivity index (χ0) is 10.6. The second-order valence-electron chi connectivity index (χ2n) is 3.34. The third-order valence-corrected chi connectivity index (χ3v) is 2.17. The van der Waals surface area contributed by atoms with E-state index in [2.05, 4.69) is 10.6 Å². The lowest BCUT2D eigenvalue weighted by molar-refractivity contribution is -0.139. The molecule has 1 aliphatic heterocycles. The summed E-state index contributed by atoms with van der Waals surface area (Å²) in [6.45, 7) is 0.821. The number of carbonyl (C=O) groups excluding carboxylic acids is 1. The van der Waals surface area contributed by atoms with E-state index < -0.39 is 12.0 Å². The Hall–Kier alpha value is -1.14. The molecule has 1 saturated heterocycles. The minimum Gasteiger partial charge on any atom is -0.480 e. The Morgan fingerprint density at radius 3 is 2.79 bits per heavy atom. The number of hydrogen-bond acceptors (Lipinski definition) is 4. The van der Waals surface area contributed by atoms with Crippen molar-refractivity contribution in [3.8, 4) is 0 Å². The summed E-state index contributed by atoms with van der Waals surface area (Å²) in [5, 5.41) is 14.2. The SMILES string of the molecule is NCCC(=O)NC1CNC(C(=O)O)C1. The summed E-state index contributed by atoms with van der Waals surface area (Å²) in [5.74, 6) is -0.995. The molecule has 5 N–H and O–H groups in total. The van der Waals surface area contributed by atoms with Gasteiger partial charge in [0, 0.05) is 25.6 Å². The van der Waals surface area contributed by atoms with E-state index in [1.165, 1.54) is 0 Å². The molecule has 80 valence electrons. The molecule has 0 aromatic carbocycles. The predicted octanol–water partition coefficient (Wildman–Crippen LogP) is -1.73. The Bertz CT molecular complexity index is 232. The second-order valence-corrected chi connectivity index (χ2v) is 3.34. The summed E-state index contributed by atoms with van der Waals surface area (Å²) in [6.07, 6.45) is 0.722. The highest BCUT2D eigenvalue weighted by atomic mass is 16.4. The Morgan fingerprint density at radius 2 is 2.29 bits per heavy atom. The van der Waals surface area contributed by atoms with E-state index in [1.807, 2.05) is 0 Å². The Labute approximate surface area is 81.8 Å². The first-order valence-electron chi connectivity index (χ1n) is 4.59. The van der Waals surface area contributed by atoms with Gasteiger partial charge in [0.2, 0.25) is 5.91 Å². The zero-order valence-electron chi connectivity index (χ0n) is 7.82. The largest absolute Gasteiger partial charge is 0.480 e. The maximum Gasteiger partial charge on any atom is 0.320 e. The quantitative estimate of drug-likeness (QED) is 0.432. The number of hydrogen-bond donors (Lipinski definition) is 4. The summed E-state index contributed by atoms with van der Waals surface area (Å²) in [6, 6.07) is -0.631. The van der Waals surface area contributed by atoms with Gasteiger partial charge in [0.25, 0.3) is 0 Å². The third kappa shape index (κ3) is 2.97. The lowest BCUT2D eigenvalue weighted by Gasteiger charge is -2.10. The Morgan fingerprint density at radius 1 is 1.57 bits per heavy atom. The molecule has 0 aromatic heterocycles. The van der Waals surface area contributed by atoms with E-state index in [9.17, 15) is 9.59 Å². The molecule has 0 saturated carbocycles. The first kappa shape index (κ1) is 10.9. The molecule has 1 rings (SSSR count). The van der Waals surface area contributed by atoms with E-state index in [1.54, 1.807) is 0 Å². The van der Waals surface area contributed by atoms with Crippen molar-refractivity contribution in [3.05, 3.63) is 0 Å². The van der Waals surface area contributed by atoms with Gasteiger partial charge in [-0.2, -0.15) is 0 Å². The lowest BCUT2D eigenvalue weighted by atomic mass is 10.1. The molecule has 1 heterocycles. The summed E-state index contributed by atoms with van der Waals surface area (Å²) < 4.78 is 0. The van der Waals surface area contributed by atoms with Gasteiger partial charge in [0.05, 0.1) is 0 Å². The Balaban J connectivity index is 2.28. The smallest absolute Gasteiger partial charge is 0.320 e. The number of carboxylic acids is 1. The van der Waals surface area contributed by atoms with Gasteiger partial charge in [0.15, 0.2) is 0 Å². The van der Waals surface area contributed by atoms with E-state index in [4.69, 9.17) is 10.8 Å². The molecule has 0 aromatic rings. The zero-order valence-corrected chi connectivity index (χ0v) is 7.82. The van der Waals surface area contributed by atoms with E-state index in [0.29, 0.717) is 19.5 Å². The van der Waals surface area contributed by atoms with E-state index in [-0.39, 0.29) is 18.4 Å². The first-order valence-corrected chi connectivity index (χ1v) is 4.59. The average Bonchev–Trinajstić information content (AvgIpc) is 2.53. The van der Waals surface area contributed by atoms with Gasteiger partial charge in [-0.1, -0.05) is 0 Å². The van der Waals surface area contributed by atoms with Gasteiger partial charge in [-0.3, -0.25) is 9.59 Å². The molecule has 6 nitrogen and oxygen atoms in total. The van der Waals surface area contributed by atoms with Crippen LogP contribution in [0.4, 0.5) is 0 Å². The lowest BCUT2D eigenvalue weighted by Crippen LogP contribution is -2.37. The van der Waals surface area contributed by atoms with Crippen LogP contribution in [0.25, 0.3) is 0 Å². The van der Waals surface area contributed by atoms with Crippen LogP contribution in [0.5, 0.6) is 0 Å². The Kier molecular flexibility index (Phi) is 3.84. The number of nitrogens with two attached hydrogens (primary N) is 1. The molecule has 14 heavy (non-hydrogen) atoms. The molecular weight excluding hydrogens is 186 g/mol. The standard InChI is InChI=1S/C8H15N3O3/c9-2-1-7(12)11-5-3-6(8(13)14)10-4-5/h5-6,10H,1-4,9H2,(H,11,12)(H,13,14). The molecule has 0 spiro atoms. The minimum absolute atomic E-state index is 0.0878. The highest BCUT2D eigenvalue weighted by Gasteiger charge is 2.29. The second kappa shape index (κ2) is 4.92. The van der Waals surface area contributed by atoms with Crippen LogP contribution < -0.4 is 16.4 Å². The van der Waals surface area contributed by atoms with Gasteiger partial charge in [-0.15, -0.1) is 0 Å². The van der Waals surface area contributed by atoms with Gasteiger partial charge >= 0.3 is 5.97 Å². The molecule has 1 amide bonds. The minimum atomic E-state index is -0.874. The van der Waals surface area contributed by atoms with Crippen LogP contribution in [0, 0.1) is 0 Å². The van der Waals surface area contributed by atoms with Crippen molar-refractivity contribution in [1.29, 1.82) is 0 Å². The van der Waals surface area contributed by atoms with Crippen molar-refractivity contribution in [2.75, 3.05) is 13.1 Å². The molecule has 0 bridgehead atoms. The first-order chi connectivity index (χ1) is 6.63. The number of nitrogens with one attached hydrogen (secondary N) is 2. The fourth-order valence-electron chi connectivity index (χ4n) is 1.46. The highest BCUT2D eigenvalue weighted by Crippen LogP contribution is 2.06. The molecule has 1 aliphatic rings. The molecular formula is C8H15N3O3. The summed E-state index contributed by atoms with van der Waals surface area (Å²) in [5.41, 5.74) is 5.21. The van der Waals surface area contributed by atoms with Crippen LogP contribution in [0.1, 0.15) is 12.8 Å². The maximum atomic E-state index is 11.1. The monoisotopic (exact) mass is 201 g/mol. The van der Waals surface area contributed by atoms with Gasteiger partial charge in [-0.05, 0) is 6.42 Å². The van der Waals surface area contributed by atoms with Crippen LogP contribution >= 0.6 is 0 Å². The van der Waals surface area contributed by atoms with Crippen LogP contribution in [0.15, 0.2) is 0 Å². The van der Waals surface area contributed by atoms with Gasteiger partial charge in [-0.25, -0.2) is 0 Å². The molecule has 0 aliphatic carbocycles. The number of carbonyl (C=O) groups is 2. The number of rotatable bonds is 4. The highest BCUT2D eigenvalue weighted by molar-refractivity contribution is 5.77. The van der Waals surface area contributed by atoms with Crippen molar-refractivity contribution >= 4 is 11.9 Å². The number of amides is 1. The third-order valence-electron chi connectivity index (χ3n) is 2.17. The normalized spacial score (nSPS) is 26.1. The van der Waals surface area contributed by atoms with Gasteiger partial charge < -0.3 is 21.5 Å². The van der Waals surface area contributed by atoms with Crippen molar-refractivity contribution in [2.24, 2.45) is 5.73 Å². The molecule has 1 fully saturated rings. The fraction of sp³-hybridized carbons (Fsp3) is 0.750. The summed E-state index contributed by atoms with van der Waals surface area (Å²) >= 11 is 0. The van der Waals surface area contributed by atoms with Gasteiger partial charge in [0.1, 0.15) is 6.04 Å². The molecule has 2 unspecified atom stereocenters. The molecule has 2 atom stereocenters. The van der Waals surface area contributed by atoms with Crippen LogP contribution in [-0.2, 0) is 9.59 Å². The topological polar surface area (TPSA) is 104 Å². The van der Waals surface area contributed by atoms with Crippen LogP contribution in [0.3, 0.4) is 0 Å². The maximum absolute atomic E-state index is 11.1. The van der Waals surface area contributed by atoms with Crippen molar-refractivity contribution in [1.82, 2.24) is 10.6 Å². The van der Waals surface area contributed by atoms with E-state index in [0.717, 1.165) is 0 Å². The predicted molar refractivity (Wildman–Crippen MR) is 49.6 cm³/mol.